The average molecular weight is 365 g/mol. The van der Waals surface area contributed by atoms with E-state index in [0.717, 1.165) is 50.1 Å². The number of hydrogen-bond acceptors (Lipinski definition) is 4. The summed E-state index contributed by atoms with van der Waals surface area (Å²) in [6, 6.07) is 7.50. The number of carbonyl (C=O) groups is 1. The molecule has 0 radical (unpaired) electrons. The number of ether oxygens (including phenoxy) is 2. The first kappa shape index (κ1) is 22.5. The summed E-state index contributed by atoms with van der Waals surface area (Å²) >= 11 is 0. The molecule has 0 spiro atoms. The van der Waals surface area contributed by atoms with Crippen molar-refractivity contribution in [3.05, 3.63) is 24.3 Å². The minimum absolute atomic E-state index is 0.0803. The first-order valence-corrected chi connectivity index (χ1v) is 9.74. The van der Waals surface area contributed by atoms with E-state index in [1.807, 2.05) is 45.3 Å². The molecule has 26 heavy (non-hydrogen) atoms. The van der Waals surface area contributed by atoms with Gasteiger partial charge in [-0.05, 0) is 58.1 Å². The summed E-state index contributed by atoms with van der Waals surface area (Å²) in [6.45, 7) is 8.20. The van der Waals surface area contributed by atoms with E-state index in [1.165, 1.54) is 0 Å². The molecule has 0 saturated carbocycles. The molecule has 148 valence electrons. The summed E-state index contributed by atoms with van der Waals surface area (Å²) in [7, 11) is 4.03. The highest BCUT2D eigenvalue weighted by atomic mass is 16.5. The van der Waals surface area contributed by atoms with E-state index in [2.05, 4.69) is 24.1 Å². The van der Waals surface area contributed by atoms with E-state index >= 15 is 0 Å². The van der Waals surface area contributed by atoms with Gasteiger partial charge in [0, 0.05) is 18.8 Å². The molecule has 1 N–H and O–H groups in total. The van der Waals surface area contributed by atoms with Gasteiger partial charge in [0.2, 0.25) is 0 Å². The maximum absolute atomic E-state index is 12.8. The summed E-state index contributed by atoms with van der Waals surface area (Å²) in [5, 5.41) is 2.99. The fraction of sp³-hybridized carbons (Fsp3) is 0.667. The Balaban J connectivity index is 2.63. The van der Waals surface area contributed by atoms with Crippen molar-refractivity contribution in [2.45, 2.75) is 58.5 Å². The molecule has 1 amide bonds. The van der Waals surface area contributed by atoms with Gasteiger partial charge in [-0.3, -0.25) is 4.79 Å². The monoisotopic (exact) mass is 364 g/mol. The molecule has 0 unspecified atom stereocenters. The van der Waals surface area contributed by atoms with Crippen LogP contribution in [0.3, 0.4) is 0 Å². The number of benzene rings is 1. The Kier molecular flexibility index (Phi) is 10.3. The number of unbranched alkanes of at least 4 members (excludes halogenated alkanes) is 2. The van der Waals surface area contributed by atoms with Gasteiger partial charge >= 0.3 is 0 Å². The van der Waals surface area contributed by atoms with Crippen LogP contribution in [0.1, 0.15) is 52.9 Å². The molecular formula is C21H36N2O3. The molecule has 5 heteroatoms. The van der Waals surface area contributed by atoms with Gasteiger partial charge in [-0.1, -0.05) is 33.1 Å². The topological polar surface area (TPSA) is 50.8 Å². The molecular weight excluding hydrogens is 328 g/mol. The number of nitrogens with zero attached hydrogens (tertiary/aromatic N) is 1. The molecule has 0 fully saturated rings. The molecule has 1 atom stereocenters. The normalized spacial score (nSPS) is 13.5. The second-order valence-electron chi connectivity index (χ2n) is 7.17. The van der Waals surface area contributed by atoms with Gasteiger partial charge in [-0.15, -0.1) is 0 Å². The SMILES string of the molecule is CCCCC[C@](C)(OCCC)C(=O)Nc1ccc(OCCN(C)C)cc1. The number of hydrogen-bond donors (Lipinski definition) is 1. The van der Waals surface area contributed by atoms with Crippen molar-refractivity contribution in [1.29, 1.82) is 0 Å². The third-order valence-electron chi connectivity index (χ3n) is 4.28. The molecule has 0 aliphatic rings. The lowest BCUT2D eigenvalue weighted by molar-refractivity contribution is -0.140. The summed E-state index contributed by atoms with van der Waals surface area (Å²) in [5.74, 6) is 0.723. The summed E-state index contributed by atoms with van der Waals surface area (Å²) < 4.78 is 11.6. The van der Waals surface area contributed by atoms with Crippen LogP contribution in [0.4, 0.5) is 5.69 Å². The van der Waals surface area contributed by atoms with E-state index < -0.39 is 5.60 Å². The van der Waals surface area contributed by atoms with Gasteiger partial charge in [0.25, 0.3) is 5.91 Å². The van der Waals surface area contributed by atoms with Crippen LogP contribution < -0.4 is 10.1 Å². The quantitative estimate of drug-likeness (QED) is 0.529. The predicted molar refractivity (Wildman–Crippen MR) is 108 cm³/mol. The highest BCUT2D eigenvalue weighted by molar-refractivity contribution is 5.97. The Morgan fingerprint density at radius 2 is 1.77 bits per heavy atom. The standard InChI is InChI=1S/C21H36N2O3/c1-6-8-9-14-21(3,26-16-7-2)20(24)22-18-10-12-19(13-11-18)25-17-15-23(4)5/h10-13H,6-9,14-17H2,1-5H3,(H,22,24)/t21-/m0/s1. The first-order chi connectivity index (χ1) is 12.4. The van der Waals surface area contributed by atoms with Crippen LogP contribution >= 0.6 is 0 Å². The lowest BCUT2D eigenvalue weighted by atomic mass is 9.96. The minimum atomic E-state index is -0.786. The van der Waals surface area contributed by atoms with Crippen LogP contribution in [0.25, 0.3) is 0 Å². The van der Waals surface area contributed by atoms with Crippen molar-refractivity contribution in [2.75, 3.05) is 39.2 Å². The average Bonchev–Trinajstić information content (AvgIpc) is 2.61. The predicted octanol–water partition coefficient (Wildman–Crippen LogP) is 4.33. The zero-order valence-electron chi connectivity index (χ0n) is 17.1. The van der Waals surface area contributed by atoms with E-state index in [1.54, 1.807) is 0 Å². The van der Waals surface area contributed by atoms with Crippen LogP contribution in [-0.2, 0) is 9.53 Å². The highest BCUT2D eigenvalue weighted by Crippen LogP contribution is 2.23. The van der Waals surface area contributed by atoms with Crippen LogP contribution in [0, 0.1) is 0 Å². The third-order valence-corrected chi connectivity index (χ3v) is 4.28. The zero-order valence-corrected chi connectivity index (χ0v) is 17.1. The van der Waals surface area contributed by atoms with Crippen molar-refractivity contribution in [3.63, 3.8) is 0 Å². The molecule has 1 rings (SSSR count). The maximum atomic E-state index is 12.8. The number of amides is 1. The molecule has 0 aliphatic heterocycles. The summed E-state index contributed by atoms with van der Waals surface area (Å²) in [6.07, 6.45) is 4.86. The Hall–Kier alpha value is -1.59. The van der Waals surface area contributed by atoms with Gasteiger partial charge < -0.3 is 19.7 Å². The molecule has 1 aromatic rings. The van der Waals surface area contributed by atoms with E-state index in [-0.39, 0.29) is 5.91 Å². The molecule has 0 saturated heterocycles. The second-order valence-corrected chi connectivity index (χ2v) is 7.17. The molecule has 5 nitrogen and oxygen atoms in total. The molecule has 0 bridgehead atoms. The van der Waals surface area contributed by atoms with E-state index in [0.29, 0.717) is 13.2 Å². The lowest BCUT2D eigenvalue weighted by Gasteiger charge is -2.28. The number of likely N-dealkylation sites (N-methyl/N-ethyl adjacent to an activating group) is 1. The summed E-state index contributed by atoms with van der Waals surface area (Å²) in [4.78, 5) is 14.9. The second kappa shape index (κ2) is 11.9. The number of rotatable bonds is 13. The van der Waals surface area contributed by atoms with Crippen molar-refractivity contribution < 1.29 is 14.3 Å². The Morgan fingerprint density at radius 3 is 2.35 bits per heavy atom. The smallest absolute Gasteiger partial charge is 0.256 e. The van der Waals surface area contributed by atoms with Crippen LogP contribution in [0.15, 0.2) is 24.3 Å². The molecule has 1 aromatic carbocycles. The Bertz CT molecular complexity index is 516. The van der Waals surface area contributed by atoms with E-state index in [9.17, 15) is 4.79 Å². The number of anilines is 1. The van der Waals surface area contributed by atoms with Gasteiger partial charge in [0.05, 0.1) is 0 Å². The first-order valence-electron chi connectivity index (χ1n) is 9.74. The van der Waals surface area contributed by atoms with Gasteiger partial charge in [0.1, 0.15) is 18.0 Å². The minimum Gasteiger partial charge on any atom is -0.492 e. The molecule has 0 aromatic heterocycles. The maximum Gasteiger partial charge on any atom is 0.256 e. The highest BCUT2D eigenvalue weighted by Gasteiger charge is 2.33. The Morgan fingerprint density at radius 1 is 1.08 bits per heavy atom. The van der Waals surface area contributed by atoms with Crippen LogP contribution in [-0.4, -0.2) is 50.3 Å². The van der Waals surface area contributed by atoms with Gasteiger partial charge in [0.15, 0.2) is 0 Å². The van der Waals surface area contributed by atoms with Crippen LogP contribution in [0.2, 0.25) is 0 Å². The fourth-order valence-corrected chi connectivity index (χ4v) is 2.53. The fourth-order valence-electron chi connectivity index (χ4n) is 2.53. The number of carbonyl (C=O) groups excluding carboxylic acids is 1. The zero-order chi connectivity index (χ0) is 19.4. The van der Waals surface area contributed by atoms with Crippen molar-refractivity contribution in [2.24, 2.45) is 0 Å². The van der Waals surface area contributed by atoms with Crippen LogP contribution in [0.5, 0.6) is 5.75 Å². The largest absolute Gasteiger partial charge is 0.492 e. The number of nitrogens with one attached hydrogen (secondary N) is 1. The molecule has 0 heterocycles. The Labute approximate surface area is 159 Å². The summed E-state index contributed by atoms with van der Waals surface area (Å²) in [5.41, 5.74) is -0.0248. The van der Waals surface area contributed by atoms with Crippen molar-refractivity contribution in [3.8, 4) is 5.75 Å². The van der Waals surface area contributed by atoms with E-state index in [4.69, 9.17) is 9.47 Å². The third kappa shape index (κ3) is 8.19. The van der Waals surface area contributed by atoms with Gasteiger partial charge in [-0.25, -0.2) is 0 Å². The van der Waals surface area contributed by atoms with Crippen molar-refractivity contribution in [1.82, 2.24) is 4.90 Å². The lowest BCUT2D eigenvalue weighted by Crippen LogP contribution is -2.43. The van der Waals surface area contributed by atoms with Gasteiger partial charge in [-0.2, -0.15) is 0 Å². The van der Waals surface area contributed by atoms with Crippen molar-refractivity contribution >= 4 is 11.6 Å². The molecule has 0 aliphatic carbocycles.